The molecular weight excluding hydrogens is 354 g/mol. The molecule has 3 aromatic rings. The van der Waals surface area contributed by atoms with Crippen LogP contribution in [0, 0.1) is 0 Å². The maximum atomic E-state index is 12.5. The van der Waals surface area contributed by atoms with Gasteiger partial charge in [-0.15, -0.1) is 0 Å². The first-order chi connectivity index (χ1) is 13.7. The molecule has 0 saturated heterocycles. The van der Waals surface area contributed by atoms with Crippen LogP contribution < -0.4 is 15.5 Å². The zero-order chi connectivity index (χ0) is 19.3. The van der Waals surface area contributed by atoms with Gasteiger partial charge in [0.25, 0.3) is 5.91 Å². The van der Waals surface area contributed by atoms with Crippen molar-refractivity contribution in [3.63, 3.8) is 0 Å². The quantitative estimate of drug-likeness (QED) is 0.694. The fourth-order valence-corrected chi connectivity index (χ4v) is 3.37. The van der Waals surface area contributed by atoms with E-state index in [9.17, 15) is 9.59 Å². The van der Waals surface area contributed by atoms with Gasteiger partial charge in [0.2, 0.25) is 5.91 Å². The Labute approximate surface area is 163 Å². The van der Waals surface area contributed by atoms with Gasteiger partial charge in [-0.1, -0.05) is 24.3 Å². The number of nitrogens with one attached hydrogen (secondary N) is 2. The summed E-state index contributed by atoms with van der Waals surface area (Å²) in [6.45, 7) is 1.44. The SMILES string of the molecule is O=C(CN1CCc2ccccc21)Nc1cccc(C(=O)NCc2ccco2)c1. The minimum absolute atomic E-state index is 0.107. The number of nitrogens with zero attached hydrogens (tertiary/aromatic N) is 1. The summed E-state index contributed by atoms with van der Waals surface area (Å²) in [6.07, 6.45) is 2.52. The number of anilines is 2. The van der Waals surface area contributed by atoms with Gasteiger partial charge >= 0.3 is 0 Å². The molecule has 2 aromatic carbocycles. The lowest BCUT2D eigenvalue weighted by molar-refractivity contribution is -0.115. The molecule has 0 aliphatic carbocycles. The predicted octanol–water partition coefficient (Wildman–Crippen LogP) is 3.21. The van der Waals surface area contributed by atoms with Crippen LogP contribution in [-0.4, -0.2) is 24.9 Å². The first kappa shape index (κ1) is 17.9. The van der Waals surface area contributed by atoms with Crippen molar-refractivity contribution in [2.45, 2.75) is 13.0 Å². The maximum absolute atomic E-state index is 12.5. The Bertz CT molecular complexity index is 982. The Balaban J connectivity index is 1.35. The van der Waals surface area contributed by atoms with E-state index >= 15 is 0 Å². The van der Waals surface area contributed by atoms with Gasteiger partial charge in [-0.25, -0.2) is 0 Å². The summed E-state index contributed by atoms with van der Waals surface area (Å²) in [5.41, 5.74) is 3.47. The third kappa shape index (κ3) is 4.06. The number of hydrogen-bond donors (Lipinski definition) is 2. The average Bonchev–Trinajstić information content (AvgIpc) is 3.37. The summed E-state index contributed by atoms with van der Waals surface area (Å²) < 4.78 is 5.21. The van der Waals surface area contributed by atoms with Crippen molar-refractivity contribution in [3.05, 3.63) is 83.8 Å². The Morgan fingerprint density at radius 3 is 2.79 bits per heavy atom. The molecule has 6 heteroatoms. The number of carbonyl (C=O) groups excluding carboxylic acids is 2. The summed E-state index contributed by atoms with van der Waals surface area (Å²) in [4.78, 5) is 26.9. The van der Waals surface area contributed by atoms with E-state index in [0.717, 1.165) is 18.7 Å². The normalized spacial score (nSPS) is 12.5. The lowest BCUT2D eigenvalue weighted by atomic mass is 10.2. The molecule has 0 unspecified atom stereocenters. The molecule has 0 radical (unpaired) electrons. The molecule has 0 saturated carbocycles. The fraction of sp³-hybridized carbons (Fsp3) is 0.182. The number of furan rings is 1. The van der Waals surface area contributed by atoms with Crippen LogP contribution in [0.1, 0.15) is 21.7 Å². The molecule has 0 fully saturated rings. The zero-order valence-electron chi connectivity index (χ0n) is 15.4. The van der Waals surface area contributed by atoms with Gasteiger partial charge in [-0.2, -0.15) is 0 Å². The molecule has 6 nitrogen and oxygen atoms in total. The predicted molar refractivity (Wildman–Crippen MR) is 107 cm³/mol. The van der Waals surface area contributed by atoms with E-state index in [-0.39, 0.29) is 18.4 Å². The van der Waals surface area contributed by atoms with Gasteiger partial charge in [0.05, 0.1) is 19.4 Å². The Morgan fingerprint density at radius 1 is 1.04 bits per heavy atom. The number of hydrogen-bond acceptors (Lipinski definition) is 4. The van der Waals surface area contributed by atoms with Crippen molar-refractivity contribution in [2.75, 3.05) is 23.3 Å². The summed E-state index contributed by atoms with van der Waals surface area (Å²) in [5.74, 6) is 0.356. The average molecular weight is 375 g/mol. The minimum atomic E-state index is -0.221. The standard InChI is InChI=1S/C22H21N3O3/c26-21(15-25-11-10-16-5-1-2-9-20(16)25)24-18-7-3-6-17(13-18)22(27)23-14-19-8-4-12-28-19/h1-9,12-13H,10-11,14-15H2,(H,23,27)(H,24,26). The van der Waals surface area contributed by atoms with Gasteiger partial charge in [-0.05, 0) is 48.4 Å². The summed E-state index contributed by atoms with van der Waals surface area (Å²) >= 11 is 0. The number of carbonyl (C=O) groups is 2. The summed E-state index contributed by atoms with van der Waals surface area (Å²) in [6, 6.07) is 18.6. The van der Waals surface area contributed by atoms with Crippen LogP contribution in [0.15, 0.2) is 71.3 Å². The minimum Gasteiger partial charge on any atom is -0.467 e. The van der Waals surface area contributed by atoms with Crippen molar-refractivity contribution in [3.8, 4) is 0 Å². The largest absolute Gasteiger partial charge is 0.467 e. The molecule has 1 aliphatic heterocycles. The smallest absolute Gasteiger partial charge is 0.251 e. The number of amides is 2. The van der Waals surface area contributed by atoms with Gasteiger partial charge in [0.15, 0.2) is 0 Å². The van der Waals surface area contributed by atoms with E-state index in [1.807, 2.05) is 18.2 Å². The van der Waals surface area contributed by atoms with Crippen molar-refractivity contribution in [1.29, 1.82) is 0 Å². The molecule has 0 bridgehead atoms. The van der Waals surface area contributed by atoms with Crippen molar-refractivity contribution >= 4 is 23.2 Å². The molecule has 1 aliphatic rings. The van der Waals surface area contributed by atoms with E-state index in [2.05, 4.69) is 21.6 Å². The first-order valence-corrected chi connectivity index (χ1v) is 9.22. The van der Waals surface area contributed by atoms with Crippen LogP contribution in [0.3, 0.4) is 0 Å². The second-order valence-electron chi connectivity index (χ2n) is 6.69. The molecule has 4 rings (SSSR count). The van der Waals surface area contributed by atoms with Gasteiger partial charge in [0.1, 0.15) is 5.76 Å². The third-order valence-electron chi connectivity index (χ3n) is 4.73. The first-order valence-electron chi connectivity index (χ1n) is 9.22. The van der Waals surface area contributed by atoms with Crippen molar-refractivity contribution in [2.24, 2.45) is 0 Å². The lowest BCUT2D eigenvalue weighted by Crippen LogP contribution is -2.32. The molecule has 28 heavy (non-hydrogen) atoms. The molecule has 142 valence electrons. The number of benzene rings is 2. The van der Waals surface area contributed by atoms with E-state index in [1.54, 1.807) is 42.7 Å². The van der Waals surface area contributed by atoms with E-state index in [0.29, 0.717) is 23.6 Å². The molecular formula is C22H21N3O3. The topological polar surface area (TPSA) is 74.6 Å². The number of rotatable bonds is 6. The summed E-state index contributed by atoms with van der Waals surface area (Å²) in [7, 11) is 0. The Kier molecular flexibility index (Phi) is 5.10. The van der Waals surface area contributed by atoms with E-state index in [1.165, 1.54) is 5.56 Å². The highest BCUT2D eigenvalue weighted by molar-refractivity contribution is 5.98. The van der Waals surface area contributed by atoms with Crippen LogP contribution in [0.25, 0.3) is 0 Å². The maximum Gasteiger partial charge on any atom is 0.251 e. The number of para-hydroxylation sites is 1. The van der Waals surface area contributed by atoms with Crippen LogP contribution in [-0.2, 0) is 17.8 Å². The fourth-order valence-electron chi connectivity index (χ4n) is 3.37. The van der Waals surface area contributed by atoms with Gasteiger partial charge in [-0.3, -0.25) is 9.59 Å². The Hall–Kier alpha value is -3.54. The van der Waals surface area contributed by atoms with Crippen LogP contribution >= 0.6 is 0 Å². The molecule has 0 spiro atoms. The lowest BCUT2D eigenvalue weighted by Gasteiger charge is -2.18. The highest BCUT2D eigenvalue weighted by Crippen LogP contribution is 2.27. The zero-order valence-corrected chi connectivity index (χ0v) is 15.4. The molecule has 2 heterocycles. The highest BCUT2D eigenvalue weighted by Gasteiger charge is 2.20. The van der Waals surface area contributed by atoms with E-state index < -0.39 is 0 Å². The van der Waals surface area contributed by atoms with Crippen LogP contribution in [0.5, 0.6) is 0 Å². The third-order valence-corrected chi connectivity index (χ3v) is 4.73. The van der Waals surface area contributed by atoms with Crippen LogP contribution in [0.4, 0.5) is 11.4 Å². The van der Waals surface area contributed by atoms with Crippen LogP contribution in [0.2, 0.25) is 0 Å². The molecule has 1 aromatic heterocycles. The van der Waals surface area contributed by atoms with Gasteiger partial charge < -0.3 is 20.0 Å². The molecule has 2 N–H and O–H groups in total. The second-order valence-corrected chi connectivity index (χ2v) is 6.69. The monoisotopic (exact) mass is 375 g/mol. The Morgan fingerprint density at radius 2 is 1.93 bits per heavy atom. The molecule has 2 amide bonds. The van der Waals surface area contributed by atoms with Crippen molar-refractivity contribution < 1.29 is 14.0 Å². The highest BCUT2D eigenvalue weighted by atomic mass is 16.3. The number of fused-ring (bicyclic) bond motifs is 1. The van der Waals surface area contributed by atoms with E-state index in [4.69, 9.17) is 4.42 Å². The van der Waals surface area contributed by atoms with Crippen molar-refractivity contribution in [1.82, 2.24) is 5.32 Å². The molecule has 0 atom stereocenters. The second kappa shape index (κ2) is 8.00. The van der Waals surface area contributed by atoms with Gasteiger partial charge in [0, 0.05) is 23.5 Å². The summed E-state index contributed by atoms with van der Waals surface area (Å²) in [5, 5.41) is 5.68.